The van der Waals surface area contributed by atoms with E-state index in [0.717, 1.165) is 9.37 Å². The van der Waals surface area contributed by atoms with E-state index in [1.165, 1.54) is 18.9 Å². The third-order valence-corrected chi connectivity index (χ3v) is 5.69. The summed E-state index contributed by atoms with van der Waals surface area (Å²) in [5.74, 6) is -0.152. The van der Waals surface area contributed by atoms with E-state index in [4.69, 9.17) is 4.74 Å². The number of carbonyl (C=O) groups excluding carboxylic acids is 3. The maximum atomic E-state index is 12.6. The zero-order valence-corrected chi connectivity index (χ0v) is 16.9. The third kappa shape index (κ3) is 4.70. The Morgan fingerprint density at radius 3 is 2.70 bits per heavy atom. The van der Waals surface area contributed by atoms with Crippen molar-refractivity contribution in [1.29, 1.82) is 0 Å². The number of nitrogens with zero attached hydrogens (tertiary/aromatic N) is 1. The lowest BCUT2D eigenvalue weighted by Crippen LogP contribution is -2.31. The van der Waals surface area contributed by atoms with Gasteiger partial charge in [0, 0.05) is 22.6 Å². The summed E-state index contributed by atoms with van der Waals surface area (Å²) >= 11 is 4.50. The SMILES string of the molecule is COc1cccc(N2C(=O)C[C@@H](SCC(=O)Nc3ccc(Br)cc3)C2=O)c1. The second-order valence-corrected chi connectivity index (χ2v) is 7.93. The molecule has 8 heteroatoms. The number of hydrogen-bond acceptors (Lipinski definition) is 5. The lowest BCUT2D eigenvalue weighted by Gasteiger charge is -2.15. The van der Waals surface area contributed by atoms with Gasteiger partial charge in [0.1, 0.15) is 5.75 Å². The van der Waals surface area contributed by atoms with Gasteiger partial charge in [-0.2, -0.15) is 0 Å². The normalized spacial score (nSPS) is 16.5. The predicted octanol–water partition coefficient (Wildman–Crippen LogP) is 3.46. The van der Waals surface area contributed by atoms with Crippen LogP contribution in [0.15, 0.2) is 53.0 Å². The van der Waals surface area contributed by atoms with Crippen LogP contribution in [0.3, 0.4) is 0 Å². The smallest absolute Gasteiger partial charge is 0.247 e. The van der Waals surface area contributed by atoms with Crippen LogP contribution < -0.4 is 15.0 Å². The van der Waals surface area contributed by atoms with Crippen molar-refractivity contribution in [2.45, 2.75) is 11.7 Å². The van der Waals surface area contributed by atoms with Crippen molar-refractivity contribution < 1.29 is 19.1 Å². The highest BCUT2D eigenvalue weighted by molar-refractivity contribution is 9.10. The number of thioether (sulfide) groups is 1. The second-order valence-electron chi connectivity index (χ2n) is 5.83. The molecule has 1 atom stereocenters. The number of ether oxygens (including phenoxy) is 1. The molecule has 140 valence electrons. The Hall–Kier alpha value is -2.32. The van der Waals surface area contributed by atoms with E-state index in [1.54, 1.807) is 36.4 Å². The number of hydrogen-bond donors (Lipinski definition) is 1. The molecule has 1 N–H and O–H groups in total. The Morgan fingerprint density at radius 1 is 1.26 bits per heavy atom. The van der Waals surface area contributed by atoms with Crippen LogP contribution in [-0.4, -0.2) is 35.8 Å². The maximum absolute atomic E-state index is 12.6. The number of anilines is 2. The number of rotatable bonds is 6. The van der Waals surface area contributed by atoms with Gasteiger partial charge in [-0.3, -0.25) is 14.4 Å². The molecule has 0 unspecified atom stereocenters. The Labute approximate surface area is 169 Å². The first-order valence-corrected chi connectivity index (χ1v) is 10.00. The monoisotopic (exact) mass is 448 g/mol. The van der Waals surface area contributed by atoms with Gasteiger partial charge in [0.25, 0.3) is 0 Å². The van der Waals surface area contributed by atoms with E-state index in [0.29, 0.717) is 17.1 Å². The molecule has 2 aromatic rings. The highest BCUT2D eigenvalue weighted by Crippen LogP contribution is 2.31. The molecule has 1 aliphatic rings. The molecule has 0 spiro atoms. The molecule has 0 aliphatic carbocycles. The third-order valence-electron chi connectivity index (χ3n) is 3.96. The molecule has 1 aliphatic heterocycles. The number of imide groups is 1. The van der Waals surface area contributed by atoms with Crippen LogP contribution in [0.2, 0.25) is 0 Å². The van der Waals surface area contributed by atoms with Crippen LogP contribution in [-0.2, 0) is 14.4 Å². The topological polar surface area (TPSA) is 75.7 Å². The number of carbonyl (C=O) groups is 3. The summed E-state index contributed by atoms with van der Waals surface area (Å²) in [7, 11) is 1.52. The summed E-state index contributed by atoms with van der Waals surface area (Å²) in [6.07, 6.45) is 0.0757. The van der Waals surface area contributed by atoms with Gasteiger partial charge in [-0.05, 0) is 36.4 Å². The molecule has 0 aromatic heterocycles. The zero-order valence-electron chi connectivity index (χ0n) is 14.5. The van der Waals surface area contributed by atoms with Crippen molar-refractivity contribution in [3.8, 4) is 5.75 Å². The quantitative estimate of drug-likeness (QED) is 0.684. The van der Waals surface area contributed by atoms with Gasteiger partial charge in [-0.15, -0.1) is 11.8 Å². The van der Waals surface area contributed by atoms with E-state index < -0.39 is 5.25 Å². The summed E-state index contributed by atoms with van der Waals surface area (Å²) in [5, 5.41) is 2.20. The lowest BCUT2D eigenvalue weighted by molar-refractivity contribution is -0.121. The van der Waals surface area contributed by atoms with Crippen molar-refractivity contribution >= 4 is 56.8 Å². The minimum Gasteiger partial charge on any atom is -0.497 e. The molecule has 0 saturated carbocycles. The van der Waals surface area contributed by atoms with Crippen LogP contribution in [0.25, 0.3) is 0 Å². The fourth-order valence-corrected chi connectivity index (χ4v) is 3.86. The lowest BCUT2D eigenvalue weighted by atomic mass is 10.3. The van der Waals surface area contributed by atoms with Gasteiger partial charge in [0.2, 0.25) is 17.7 Å². The Bertz CT molecular complexity index is 872. The predicted molar refractivity (Wildman–Crippen MR) is 109 cm³/mol. The minimum absolute atomic E-state index is 0.0757. The van der Waals surface area contributed by atoms with E-state index in [2.05, 4.69) is 21.2 Å². The molecule has 1 saturated heterocycles. The Balaban J connectivity index is 1.59. The fourth-order valence-electron chi connectivity index (χ4n) is 2.66. The summed E-state index contributed by atoms with van der Waals surface area (Å²) in [6, 6.07) is 14.0. The molecule has 1 fully saturated rings. The highest BCUT2D eigenvalue weighted by Gasteiger charge is 2.40. The van der Waals surface area contributed by atoms with Crippen molar-refractivity contribution in [3.63, 3.8) is 0 Å². The van der Waals surface area contributed by atoms with Crippen LogP contribution >= 0.6 is 27.7 Å². The second kappa shape index (κ2) is 8.58. The standard InChI is InChI=1S/C19H17BrN2O4S/c1-26-15-4-2-3-14(9-15)22-18(24)10-16(19(22)25)27-11-17(23)21-13-7-5-12(20)6-8-13/h2-9,16H,10-11H2,1H3,(H,21,23)/t16-/m1/s1. The summed E-state index contributed by atoms with van der Waals surface area (Å²) < 4.78 is 6.06. The van der Waals surface area contributed by atoms with E-state index in [-0.39, 0.29) is 29.9 Å². The number of halogens is 1. The molecule has 1 heterocycles. The van der Waals surface area contributed by atoms with E-state index >= 15 is 0 Å². The number of amides is 3. The zero-order chi connectivity index (χ0) is 19.4. The highest BCUT2D eigenvalue weighted by atomic mass is 79.9. The van der Waals surface area contributed by atoms with Crippen molar-refractivity contribution in [2.75, 3.05) is 23.1 Å². The van der Waals surface area contributed by atoms with Crippen molar-refractivity contribution in [3.05, 3.63) is 53.0 Å². The first-order chi connectivity index (χ1) is 13.0. The fraction of sp³-hybridized carbons (Fsp3) is 0.211. The first kappa shape index (κ1) is 19.4. The largest absolute Gasteiger partial charge is 0.497 e. The summed E-state index contributed by atoms with van der Waals surface area (Å²) in [4.78, 5) is 38.2. The van der Waals surface area contributed by atoms with Gasteiger partial charge in [0.15, 0.2) is 0 Å². The van der Waals surface area contributed by atoms with Gasteiger partial charge in [-0.1, -0.05) is 22.0 Å². The molecule has 3 amide bonds. The van der Waals surface area contributed by atoms with Crippen LogP contribution in [0, 0.1) is 0 Å². The van der Waals surface area contributed by atoms with E-state index in [9.17, 15) is 14.4 Å². The Morgan fingerprint density at radius 2 is 2.00 bits per heavy atom. The molecular weight excluding hydrogens is 432 g/mol. The van der Waals surface area contributed by atoms with Crippen molar-refractivity contribution in [1.82, 2.24) is 0 Å². The minimum atomic E-state index is -0.570. The number of benzene rings is 2. The molecule has 3 rings (SSSR count). The first-order valence-electron chi connectivity index (χ1n) is 8.16. The van der Waals surface area contributed by atoms with E-state index in [1.807, 2.05) is 12.1 Å². The van der Waals surface area contributed by atoms with Gasteiger partial charge in [0.05, 0.1) is 23.8 Å². The van der Waals surface area contributed by atoms with Crippen LogP contribution in [0.1, 0.15) is 6.42 Å². The number of nitrogens with one attached hydrogen (secondary N) is 1. The van der Waals surface area contributed by atoms with Gasteiger partial charge >= 0.3 is 0 Å². The van der Waals surface area contributed by atoms with Gasteiger partial charge < -0.3 is 10.1 Å². The average molecular weight is 449 g/mol. The molecule has 6 nitrogen and oxygen atoms in total. The average Bonchev–Trinajstić information content (AvgIpc) is 2.95. The summed E-state index contributed by atoms with van der Waals surface area (Å²) in [6.45, 7) is 0. The summed E-state index contributed by atoms with van der Waals surface area (Å²) in [5.41, 5.74) is 1.15. The molecule has 2 aromatic carbocycles. The van der Waals surface area contributed by atoms with Crippen LogP contribution in [0.5, 0.6) is 5.75 Å². The molecule has 27 heavy (non-hydrogen) atoms. The van der Waals surface area contributed by atoms with Crippen LogP contribution in [0.4, 0.5) is 11.4 Å². The molecule has 0 bridgehead atoms. The maximum Gasteiger partial charge on any atom is 0.247 e. The molecular formula is C19H17BrN2O4S. The molecule has 0 radical (unpaired) electrons. The van der Waals surface area contributed by atoms with Gasteiger partial charge in [-0.25, -0.2) is 4.90 Å². The van der Waals surface area contributed by atoms with Crippen molar-refractivity contribution in [2.24, 2.45) is 0 Å². The Kier molecular flexibility index (Phi) is 6.18. The number of methoxy groups -OCH3 is 1.